The second kappa shape index (κ2) is 4.76. The molecule has 3 rings (SSSR count). The van der Waals surface area contributed by atoms with Gasteiger partial charge in [-0.2, -0.15) is 4.98 Å². The van der Waals surface area contributed by atoms with Crippen molar-refractivity contribution in [1.82, 2.24) is 14.9 Å². The third kappa shape index (κ3) is 2.92. The number of ether oxygens (including phenoxy) is 1. The molecular weight excluding hydrogens is 290 g/mol. The lowest BCUT2D eigenvalue weighted by Crippen LogP contribution is -2.36. The van der Waals surface area contributed by atoms with E-state index in [4.69, 9.17) is 4.74 Å². The molecule has 1 aliphatic carbocycles. The first kappa shape index (κ1) is 14.4. The van der Waals surface area contributed by atoms with Crippen molar-refractivity contribution in [3.05, 3.63) is 11.8 Å². The van der Waals surface area contributed by atoms with E-state index < -0.39 is 5.60 Å². The molecule has 2 heterocycles. The first-order valence-corrected chi connectivity index (χ1v) is 7.44. The predicted octanol–water partition coefficient (Wildman–Crippen LogP) is 2.05. The molecule has 1 aromatic rings. The van der Waals surface area contributed by atoms with Gasteiger partial charge in [0.2, 0.25) is 5.88 Å². The lowest BCUT2D eigenvalue weighted by Gasteiger charge is -2.25. The summed E-state index contributed by atoms with van der Waals surface area (Å²) in [6.07, 6.45) is -0.256. The maximum absolute atomic E-state index is 12.0. The number of hydrogen-bond acceptors (Lipinski definition) is 6. The van der Waals surface area contributed by atoms with Crippen LogP contribution in [-0.4, -0.2) is 44.8 Å². The third-order valence-corrected chi connectivity index (χ3v) is 4.11. The van der Waals surface area contributed by atoms with E-state index in [1.54, 1.807) is 11.0 Å². The van der Waals surface area contributed by atoms with Gasteiger partial charge in [-0.25, -0.2) is 9.78 Å². The van der Waals surface area contributed by atoms with Gasteiger partial charge in [-0.1, -0.05) is 0 Å². The number of nitrogens with zero attached hydrogens (tertiary/aromatic N) is 3. The highest BCUT2D eigenvalue weighted by Crippen LogP contribution is 2.58. The molecule has 0 aromatic carbocycles. The molecule has 0 bridgehead atoms. The zero-order valence-corrected chi connectivity index (χ0v) is 13.2. The Kier molecular flexibility index (Phi) is 3.27. The maximum atomic E-state index is 12.0. The van der Waals surface area contributed by atoms with Crippen molar-refractivity contribution in [3.8, 4) is 5.88 Å². The standard InChI is InChI=1S/C14H19N3O3S/c1-14(2,3)20-13(19)17-5-7-8(6-17)11(7)9-4-10(18)16-12(21)15-9/h4,7-8,11H,5-6H2,1-3H3,(H2,15,16,18,21). The van der Waals surface area contributed by atoms with E-state index in [1.165, 1.54) is 0 Å². The normalized spacial score (nSPS) is 27.4. The summed E-state index contributed by atoms with van der Waals surface area (Å²) in [5.41, 5.74) is 0.342. The number of carbonyl (C=O) groups is 1. The van der Waals surface area contributed by atoms with Crippen LogP contribution in [0.15, 0.2) is 11.2 Å². The van der Waals surface area contributed by atoms with Gasteiger partial charge in [0.15, 0.2) is 5.16 Å². The molecule has 2 atom stereocenters. The Morgan fingerprint density at radius 3 is 2.52 bits per heavy atom. The smallest absolute Gasteiger partial charge is 0.410 e. The van der Waals surface area contributed by atoms with Crippen molar-refractivity contribution in [2.75, 3.05) is 13.1 Å². The number of rotatable bonds is 1. The number of aromatic hydroxyl groups is 1. The summed E-state index contributed by atoms with van der Waals surface area (Å²) in [5.74, 6) is 1.00. The largest absolute Gasteiger partial charge is 0.493 e. The Bertz CT molecular complexity index is 555. The van der Waals surface area contributed by atoms with Gasteiger partial charge in [0.05, 0.1) is 5.69 Å². The number of fused-ring (bicyclic) bond motifs is 1. The molecule has 1 aromatic heterocycles. The molecule has 1 saturated heterocycles. The predicted molar refractivity (Wildman–Crippen MR) is 78.5 cm³/mol. The maximum Gasteiger partial charge on any atom is 0.410 e. The van der Waals surface area contributed by atoms with Crippen LogP contribution in [0.1, 0.15) is 32.4 Å². The number of amides is 1. The van der Waals surface area contributed by atoms with Crippen molar-refractivity contribution >= 4 is 18.7 Å². The monoisotopic (exact) mass is 309 g/mol. The van der Waals surface area contributed by atoms with Gasteiger partial charge in [0, 0.05) is 25.1 Å². The van der Waals surface area contributed by atoms with Crippen molar-refractivity contribution in [3.63, 3.8) is 0 Å². The van der Waals surface area contributed by atoms with Crippen molar-refractivity contribution in [1.29, 1.82) is 0 Å². The molecule has 114 valence electrons. The summed E-state index contributed by atoms with van der Waals surface area (Å²) in [4.78, 5) is 21.8. The summed E-state index contributed by atoms with van der Waals surface area (Å²) < 4.78 is 5.38. The van der Waals surface area contributed by atoms with E-state index >= 15 is 0 Å². The number of likely N-dealkylation sites (tertiary alicyclic amines) is 1. The first-order chi connectivity index (χ1) is 9.74. The van der Waals surface area contributed by atoms with E-state index in [2.05, 4.69) is 22.6 Å². The fraction of sp³-hybridized carbons (Fsp3) is 0.643. The molecule has 1 aliphatic heterocycles. The highest BCUT2D eigenvalue weighted by atomic mass is 32.1. The Morgan fingerprint density at radius 2 is 2.00 bits per heavy atom. The fourth-order valence-electron chi connectivity index (χ4n) is 3.05. The van der Waals surface area contributed by atoms with Crippen LogP contribution in [0, 0.1) is 11.8 Å². The second-order valence-corrected chi connectivity index (χ2v) is 7.09. The summed E-state index contributed by atoms with van der Waals surface area (Å²) in [7, 11) is 0. The van der Waals surface area contributed by atoms with Crippen molar-refractivity contribution in [2.24, 2.45) is 11.8 Å². The van der Waals surface area contributed by atoms with Gasteiger partial charge in [0.25, 0.3) is 0 Å². The second-order valence-electron chi connectivity index (χ2n) is 6.69. The highest BCUT2D eigenvalue weighted by Gasteiger charge is 2.58. The van der Waals surface area contributed by atoms with E-state index in [-0.39, 0.29) is 23.0 Å². The summed E-state index contributed by atoms with van der Waals surface area (Å²) in [5, 5.41) is 9.79. The Balaban J connectivity index is 1.62. The zero-order valence-electron chi connectivity index (χ0n) is 12.3. The molecule has 2 unspecified atom stereocenters. The number of hydrogen-bond donors (Lipinski definition) is 2. The molecule has 0 spiro atoms. The van der Waals surface area contributed by atoms with Crippen LogP contribution in [0.5, 0.6) is 5.88 Å². The molecule has 2 fully saturated rings. The van der Waals surface area contributed by atoms with Crippen LogP contribution in [0.3, 0.4) is 0 Å². The Hall–Kier alpha value is -1.50. The number of thiol groups is 1. The molecule has 1 N–H and O–H groups in total. The minimum absolute atomic E-state index is 0.0565. The van der Waals surface area contributed by atoms with Gasteiger partial charge < -0.3 is 14.7 Å². The van der Waals surface area contributed by atoms with E-state index in [1.807, 2.05) is 20.8 Å². The van der Waals surface area contributed by atoms with Crippen LogP contribution in [-0.2, 0) is 4.74 Å². The van der Waals surface area contributed by atoms with Gasteiger partial charge in [-0.15, -0.1) is 12.6 Å². The molecule has 1 saturated carbocycles. The topological polar surface area (TPSA) is 75.5 Å². The summed E-state index contributed by atoms with van der Waals surface area (Å²) in [6, 6.07) is 1.58. The molecule has 7 heteroatoms. The quantitative estimate of drug-likeness (QED) is 0.613. The van der Waals surface area contributed by atoms with Crippen LogP contribution < -0.4 is 0 Å². The Morgan fingerprint density at radius 1 is 1.38 bits per heavy atom. The van der Waals surface area contributed by atoms with E-state index in [0.29, 0.717) is 24.9 Å². The van der Waals surface area contributed by atoms with Crippen LogP contribution >= 0.6 is 12.6 Å². The van der Waals surface area contributed by atoms with Crippen LogP contribution in [0.2, 0.25) is 0 Å². The lowest BCUT2D eigenvalue weighted by molar-refractivity contribution is 0.0270. The van der Waals surface area contributed by atoms with Crippen molar-refractivity contribution < 1.29 is 14.6 Å². The average molecular weight is 309 g/mol. The molecule has 6 nitrogen and oxygen atoms in total. The van der Waals surface area contributed by atoms with Gasteiger partial charge >= 0.3 is 6.09 Å². The number of aromatic nitrogens is 2. The van der Waals surface area contributed by atoms with Crippen molar-refractivity contribution in [2.45, 2.75) is 37.4 Å². The van der Waals surface area contributed by atoms with Gasteiger partial charge in [-0.3, -0.25) is 0 Å². The number of carbonyl (C=O) groups excluding carboxylic acids is 1. The number of piperidine rings is 1. The van der Waals surface area contributed by atoms with Gasteiger partial charge in [-0.05, 0) is 32.6 Å². The van der Waals surface area contributed by atoms with Crippen LogP contribution in [0.25, 0.3) is 0 Å². The fourth-order valence-corrected chi connectivity index (χ4v) is 3.27. The molecule has 2 aliphatic rings. The minimum Gasteiger partial charge on any atom is -0.493 e. The summed E-state index contributed by atoms with van der Waals surface area (Å²) in [6.45, 7) is 6.95. The van der Waals surface area contributed by atoms with Gasteiger partial charge in [0.1, 0.15) is 5.60 Å². The molecule has 1 amide bonds. The highest BCUT2D eigenvalue weighted by molar-refractivity contribution is 7.80. The molecule has 0 radical (unpaired) electrons. The minimum atomic E-state index is -0.470. The zero-order chi connectivity index (χ0) is 15.4. The van der Waals surface area contributed by atoms with E-state index in [0.717, 1.165) is 5.69 Å². The SMILES string of the molecule is CC(C)(C)OC(=O)N1CC2C(C1)C2c1cc(O)nc(S)n1. The van der Waals surface area contributed by atoms with Crippen LogP contribution in [0.4, 0.5) is 4.79 Å². The third-order valence-electron chi connectivity index (χ3n) is 3.91. The summed E-state index contributed by atoms with van der Waals surface area (Å²) >= 11 is 4.08. The lowest BCUT2D eigenvalue weighted by atomic mass is 10.2. The molecular formula is C14H19N3O3S. The van der Waals surface area contributed by atoms with E-state index in [9.17, 15) is 9.90 Å². The average Bonchev–Trinajstić information content (AvgIpc) is 2.81. The Labute approximate surface area is 128 Å². The first-order valence-electron chi connectivity index (χ1n) is 6.99. The molecule has 21 heavy (non-hydrogen) atoms.